The lowest BCUT2D eigenvalue weighted by molar-refractivity contribution is -0.384. The lowest BCUT2D eigenvalue weighted by Gasteiger charge is -2.11. The summed E-state index contributed by atoms with van der Waals surface area (Å²) >= 11 is 3.02. The number of anilines is 1. The maximum Gasteiger partial charge on any atom is 0.270 e. The number of nitrogens with one attached hydrogen (secondary N) is 1. The Bertz CT molecular complexity index is 1020. The number of thiazole rings is 1. The Balaban J connectivity index is 1.50. The Kier molecular flexibility index (Phi) is 4.90. The number of carbonyl (C=O) groups is 1. The Morgan fingerprint density at radius 2 is 2.22 bits per heavy atom. The second-order valence-corrected chi connectivity index (χ2v) is 8.05. The third kappa shape index (κ3) is 4.01. The number of rotatable bonds is 5. The van der Waals surface area contributed by atoms with E-state index in [1.165, 1.54) is 29.7 Å². The van der Waals surface area contributed by atoms with Crippen LogP contribution in [0, 0.1) is 10.1 Å². The van der Waals surface area contributed by atoms with Gasteiger partial charge in [-0.25, -0.2) is 9.97 Å². The second-order valence-electron chi connectivity index (χ2n) is 5.87. The van der Waals surface area contributed by atoms with Gasteiger partial charge in [-0.15, -0.1) is 0 Å². The van der Waals surface area contributed by atoms with E-state index < -0.39 is 4.92 Å². The van der Waals surface area contributed by atoms with Crippen molar-refractivity contribution < 1.29 is 14.5 Å². The fraction of sp³-hybridized carbons (Fsp3) is 0.235. The Hall–Kier alpha value is -2.72. The van der Waals surface area contributed by atoms with Crippen LogP contribution in [0.15, 0.2) is 36.5 Å². The van der Waals surface area contributed by atoms with E-state index >= 15 is 0 Å². The first kappa shape index (κ1) is 17.7. The fourth-order valence-electron chi connectivity index (χ4n) is 2.64. The van der Waals surface area contributed by atoms with E-state index in [4.69, 9.17) is 4.74 Å². The van der Waals surface area contributed by atoms with Crippen LogP contribution in [0.1, 0.15) is 16.8 Å². The van der Waals surface area contributed by atoms with Crippen molar-refractivity contribution in [1.82, 2.24) is 9.97 Å². The van der Waals surface area contributed by atoms with Crippen LogP contribution in [0.25, 0.3) is 10.2 Å². The molecule has 3 heterocycles. The van der Waals surface area contributed by atoms with E-state index in [1.807, 2.05) is 11.8 Å². The first-order chi connectivity index (χ1) is 13.1. The summed E-state index contributed by atoms with van der Waals surface area (Å²) in [4.78, 5) is 31.4. The highest BCUT2D eigenvalue weighted by Gasteiger charge is 2.19. The van der Waals surface area contributed by atoms with Crippen molar-refractivity contribution in [3.05, 3.63) is 52.2 Å². The summed E-state index contributed by atoms with van der Waals surface area (Å²) in [6.45, 7) is 0. The van der Waals surface area contributed by atoms with Crippen LogP contribution >= 0.6 is 23.1 Å². The zero-order valence-electron chi connectivity index (χ0n) is 14.0. The highest BCUT2D eigenvalue weighted by molar-refractivity contribution is 7.99. The number of nitro groups is 1. The number of nitrogens with zero attached hydrogens (tertiary/aromatic N) is 3. The molecule has 2 aromatic heterocycles. The van der Waals surface area contributed by atoms with Gasteiger partial charge >= 0.3 is 0 Å². The summed E-state index contributed by atoms with van der Waals surface area (Å²) < 4.78 is 6.45. The summed E-state index contributed by atoms with van der Waals surface area (Å²) in [6.07, 6.45) is 2.63. The first-order valence-electron chi connectivity index (χ1n) is 8.15. The molecule has 10 heteroatoms. The number of pyridine rings is 1. The predicted octanol–water partition coefficient (Wildman–Crippen LogP) is 3.74. The second kappa shape index (κ2) is 7.49. The topological polar surface area (TPSA) is 107 Å². The van der Waals surface area contributed by atoms with Gasteiger partial charge in [-0.05, 0) is 24.3 Å². The molecule has 0 radical (unpaired) electrons. The van der Waals surface area contributed by atoms with E-state index in [1.54, 1.807) is 18.2 Å². The van der Waals surface area contributed by atoms with E-state index in [0.29, 0.717) is 26.8 Å². The van der Waals surface area contributed by atoms with Crippen molar-refractivity contribution in [3.63, 3.8) is 0 Å². The summed E-state index contributed by atoms with van der Waals surface area (Å²) in [5, 5.41) is 14.0. The molecule has 3 aromatic rings. The minimum Gasteiger partial charge on any atom is -0.473 e. The molecule has 4 rings (SSSR count). The van der Waals surface area contributed by atoms with Crippen LogP contribution in [0.4, 0.5) is 10.8 Å². The maximum absolute atomic E-state index is 12.5. The Morgan fingerprint density at radius 3 is 3.00 bits per heavy atom. The molecule has 27 heavy (non-hydrogen) atoms. The highest BCUT2D eigenvalue weighted by atomic mass is 32.2. The van der Waals surface area contributed by atoms with Crippen LogP contribution in [0.2, 0.25) is 0 Å². The average molecular weight is 402 g/mol. The molecule has 138 valence electrons. The number of aromatic nitrogens is 2. The molecule has 8 nitrogen and oxygen atoms in total. The molecule has 0 saturated carbocycles. The molecule has 1 fully saturated rings. The van der Waals surface area contributed by atoms with Gasteiger partial charge in [-0.1, -0.05) is 11.3 Å². The number of ether oxygens (including phenoxy) is 1. The van der Waals surface area contributed by atoms with Crippen LogP contribution in [0.5, 0.6) is 5.88 Å². The Morgan fingerprint density at radius 1 is 1.33 bits per heavy atom. The van der Waals surface area contributed by atoms with Gasteiger partial charge in [-0.3, -0.25) is 20.2 Å². The predicted molar refractivity (Wildman–Crippen MR) is 105 cm³/mol. The zero-order chi connectivity index (χ0) is 18.8. The van der Waals surface area contributed by atoms with E-state index in [9.17, 15) is 14.9 Å². The van der Waals surface area contributed by atoms with Crippen molar-refractivity contribution >= 4 is 50.0 Å². The monoisotopic (exact) mass is 402 g/mol. The maximum atomic E-state index is 12.5. The number of nitro benzene ring substituents is 1. The number of hydrogen-bond donors (Lipinski definition) is 1. The smallest absolute Gasteiger partial charge is 0.270 e. The van der Waals surface area contributed by atoms with Gasteiger partial charge in [-0.2, -0.15) is 11.8 Å². The number of hydrogen-bond acceptors (Lipinski definition) is 8. The van der Waals surface area contributed by atoms with Gasteiger partial charge in [0.25, 0.3) is 11.6 Å². The zero-order valence-corrected chi connectivity index (χ0v) is 15.6. The van der Waals surface area contributed by atoms with E-state index in [-0.39, 0.29) is 17.7 Å². The van der Waals surface area contributed by atoms with Crippen molar-refractivity contribution in [2.75, 3.05) is 16.8 Å². The van der Waals surface area contributed by atoms with Gasteiger partial charge in [0.1, 0.15) is 6.10 Å². The van der Waals surface area contributed by atoms with Crippen LogP contribution in [-0.2, 0) is 0 Å². The van der Waals surface area contributed by atoms with Gasteiger partial charge in [0, 0.05) is 35.7 Å². The molecule has 0 spiro atoms. The number of carbonyl (C=O) groups excluding carboxylic acids is 1. The van der Waals surface area contributed by atoms with Gasteiger partial charge in [0.15, 0.2) is 5.13 Å². The molecule has 1 unspecified atom stereocenters. The van der Waals surface area contributed by atoms with Crippen molar-refractivity contribution in [2.24, 2.45) is 0 Å². The molecule has 0 bridgehead atoms. The largest absolute Gasteiger partial charge is 0.473 e. The van der Waals surface area contributed by atoms with Crippen LogP contribution in [-0.4, -0.2) is 38.4 Å². The molecule has 1 amide bonds. The number of benzene rings is 1. The van der Waals surface area contributed by atoms with Crippen LogP contribution in [0.3, 0.4) is 0 Å². The first-order valence-corrected chi connectivity index (χ1v) is 10.1. The number of amides is 1. The summed E-state index contributed by atoms with van der Waals surface area (Å²) in [6, 6.07) is 7.61. The lowest BCUT2D eigenvalue weighted by atomic mass is 10.2. The van der Waals surface area contributed by atoms with Crippen molar-refractivity contribution in [2.45, 2.75) is 12.5 Å². The van der Waals surface area contributed by atoms with Gasteiger partial charge in [0.05, 0.1) is 15.1 Å². The number of non-ortho nitro benzene ring substituents is 1. The standard InChI is InChI=1S/C17H14N4O4S2/c22-16(10-3-5-18-15(7-10)25-12-4-6-26-9-12)20-17-19-13-2-1-11(21(23)24)8-14(13)27-17/h1-3,5,7-8,12H,4,6,9H2,(H,19,20,22). The van der Waals surface area contributed by atoms with E-state index in [2.05, 4.69) is 15.3 Å². The minimum atomic E-state index is -0.460. The number of thioether (sulfide) groups is 1. The third-order valence-electron chi connectivity index (χ3n) is 3.98. The molecule has 1 aliphatic heterocycles. The summed E-state index contributed by atoms with van der Waals surface area (Å²) in [5.41, 5.74) is 0.999. The molecule has 1 aliphatic rings. The average Bonchev–Trinajstić information content (AvgIpc) is 3.30. The van der Waals surface area contributed by atoms with Crippen LogP contribution < -0.4 is 10.1 Å². The van der Waals surface area contributed by atoms with Gasteiger partial charge < -0.3 is 4.74 Å². The van der Waals surface area contributed by atoms with Crippen molar-refractivity contribution in [1.29, 1.82) is 0 Å². The molecular weight excluding hydrogens is 388 g/mol. The molecular formula is C17H14N4O4S2. The highest BCUT2D eigenvalue weighted by Crippen LogP contribution is 2.29. The molecule has 0 aliphatic carbocycles. The minimum absolute atomic E-state index is 0.00923. The SMILES string of the molecule is O=C(Nc1nc2ccc([N+](=O)[O-])cc2s1)c1ccnc(OC2CCSC2)c1. The number of fused-ring (bicyclic) bond motifs is 1. The fourth-order valence-corrected chi connectivity index (χ4v) is 4.63. The molecule has 1 atom stereocenters. The lowest BCUT2D eigenvalue weighted by Crippen LogP contribution is -2.17. The molecule has 1 aromatic carbocycles. The van der Waals surface area contributed by atoms with Gasteiger partial charge in [0.2, 0.25) is 5.88 Å². The van der Waals surface area contributed by atoms with E-state index in [0.717, 1.165) is 17.9 Å². The molecule has 1 N–H and O–H groups in total. The quantitative estimate of drug-likeness (QED) is 0.512. The Labute approximate surface area is 162 Å². The summed E-state index contributed by atoms with van der Waals surface area (Å²) in [5.74, 6) is 2.09. The molecule has 1 saturated heterocycles. The third-order valence-corrected chi connectivity index (χ3v) is 6.04. The van der Waals surface area contributed by atoms with Crippen molar-refractivity contribution in [3.8, 4) is 5.88 Å². The normalized spacial score (nSPS) is 16.4. The summed E-state index contributed by atoms with van der Waals surface area (Å²) in [7, 11) is 0.